The summed E-state index contributed by atoms with van der Waals surface area (Å²) in [7, 11) is -4.22. The Morgan fingerprint density at radius 3 is 2.05 bits per heavy atom. The third-order valence-corrected chi connectivity index (χ3v) is 9.98. The van der Waals surface area contributed by atoms with Crippen molar-refractivity contribution in [3.63, 3.8) is 0 Å². The SMILES string of the molecule is CCC(C)NC(=O)C(CC)N(Cc1c(Cl)cccc1Cl)C(=O)CN(c1ccc(C)c(C)c1)S(=O)(=O)c1ccc(Cl)cc1. The third-order valence-electron chi connectivity index (χ3n) is 7.24. The van der Waals surface area contributed by atoms with Gasteiger partial charge in [-0.25, -0.2) is 8.42 Å². The molecule has 0 aromatic heterocycles. The first-order chi connectivity index (χ1) is 19.8. The van der Waals surface area contributed by atoms with Crippen molar-refractivity contribution in [1.82, 2.24) is 10.2 Å². The molecule has 3 aromatic rings. The van der Waals surface area contributed by atoms with E-state index in [2.05, 4.69) is 5.32 Å². The van der Waals surface area contributed by atoms with E-state index in [0.717, 1.165) is 15.4 Å². The van der Waals surface area contributed by atoms with Crippen molar-refractivity contribution in [3.05, 3.63) is 92.4 Å². The fourth-order valence-electron chi connectivity index (χ4n) is 4.36. The molecule has 2 atom stereocenters. The van der Waals surface area contributed by atoms with E-state index in [0.29, 0.717) is 32.7 Å². The molecule has 0 aliphatic rings. The van der Waals surface area contributed by atoms with Gasteiger partial charge in [-0.05, 0) is 93.3 Å². The molecule has 3 rings (SSSR count). The first-order valence-corrected chi connectivity index (χ1v) is 16.3. The summed E-state index contributed by atoms with van der Waals surface area (Å²) in [5.41, 5.74) is 2.60. The lowest BCUT2D eigenvalue weighted by Crippen LogP contribution is -2.53. The molecule has 2 amide bonds. The van der Waals surface area contributed by atoms with Gasteiger partial charge in [-0.1, -0.05) is 60.8 Å². The van der Waals surface area contributed by atoms with E-state index in [1.165, 1.54) is 29.2 Å². The molecule has 0 bridgehead atoms. The molecule has 3 aromatic carbocycles. The Kier molecular flexibility index (Phi) is 11.7. The summed E-state index contributed by atoms with van der Waals surface area (Å²) in [6.45, 7) is 8.74. The average molecular weight is 653 g/mol. The Balaban J connectivity index is 2.12. The second-order valence-electron chi connectivity index (χ2n) is 10.2. The zero-order valence-electron chi connectivity index (χ0n) is 24.3. The third kappa shape index (κ3) is 7.98. The smallest absolute Gasteiger partial charge is 0.264 e. The van der Waals surface area contributed by atoms with Gasteiger partial charge in [0.25, 0.3) is 10.0 Å². The number of amides is 2. The summed E-state index contributed by atoms with van der Waals surface area (Å²) in [6.07, 6.45) is 0.982. The number of benzene rings is 3. The molecule has 1 N–H and O–H groups in total. The first-order valence-electron chi connectivity index (χ1n) is 13.7. The van der Waals surface area contributed by atoms with Crippen LogP contribution in [0, 0.1) is 13.8 Å². The van der Waals surface area contributed by atoms with E-state index >= 15 is 0 Å². The number of nitrogens with zero attached hydrogens (tertiary/aromatic N) is 2. The number of hydrogen-bond donors (Lipinski definition) is 1. The molecule has 0 saturated heterocycles. The van der Waals surface area contributed by atoms with Crippen LogP contribution in [0.1, 0.15) is 50.3 Å². The lowest BCUT2D eigenvalue weighted by Gasteiger charge is -2.34. The molecule has 0 heterocycles. The highest BCUT2D eigenvalue weighted by molar-refractivity contribution is 7.92. The molecule has 7 nitrogen and oxygen atoms in total. The Bertz CT molecular complexity index is 1510. The minimum absolute atomic E-state index is 0.0276. The van der Waals surface area contributed by atoms with Crippen molar-refractivity contribution in [3.8, 4) is 0 Å². The van der Waals surface area contributed by atoms with E-state index in [4.69, 9.17) is 34.8 Å². The zero-order valence-corrected chi connectivity index (χ0v) is 27.4. The van der Waals surface area contributed by atoms with Crippen LogP contribution in [0.2, 0.25) is 15.1 Å². The quantitative estimate of drug-likeness (QED) is 0.225. The van der Waals surface area contributed by atoms with Crippen LogP contribution in [-0.2, 0) is 26.2 Å². The molecule has 2 unspecified atom stereocenters. The van der Waals surface area contributed by atoms with Crippen LogP contribution >= 0.6 is 34.8 Å². The largest absolute Gasteiger partial charge is 0.352 e. The van der Waals surface area contributed by atoms with Crippen molar-refractivity contribution >= 4 is 62.3 Å². The van der Waals surface area contributed by atoms with Gasteiger partial charge in [0, 0.05) is 33.2 Å². The first kappa shape index (κ1) is 33.7. The molecular weight excluding hydrogens is 617 g/mol. The van der Waals surface area contributed by atoms with Crippen LogP contribution in [0.15, 0.2) is 65.6 Å². The highest BCUT2D eigenvalue weighted by Gasteiger charge is 2.34. The minimum Gasteiger partial charge on any atom is -0.352 e. The summed E-state index contributed by atoms with van der Waals surface area (Å²) in [5, 5.41) is 3.99. The van der Waals surface area contributed by atoms with E-state index < -0.39 is 28.5 Å². The summed E-state index contributed by atoms with van der Waals surface area (Å²) in [5.74, 6) is -0.936. The van der Waals surface area contributed by atoms with E-state index in [9.17, 15) is 18.0 Å². The van der Waals surface area contributed by atoms with Gasteiger partial charge in [-0.2, -0.15) is 0 Å². The maximum atomic E-state index is 14.2. The number of hydrogen-bond acceptors (Lipinski definition) is 4. The van der Waals surface area contributed by atoms with Crippen LogP contribution in [-0.4, -0.2) is 43.8 Å². The normalized spacial score (nSPS) is 12.9. The molecule has 0 saturated carbocycles. The van der Waals surface area contributed by atoms with Gasteiger partial charge in [-0.3, -0.25) is 13.9 Å². The monoisotopic (exact) mass is 651 g/mol. The topological polar surface area (TPSA) is 86.8 Å². The summed E-state index contributed by atoms with van der Waals surface area (Å²) < 4.78 is 29.1. The Labute approximate surface area is 263 Å². The molecular formula is C31H36Cl3N3O4S. The van der Waals surface area contributed by atoms with E-state index in [1.807, 2.05) is 27.7 Å². The van der Waals surface area contributed by atoms with Crippen molar-refractivity contribution in [2.75, 3.05) is 10.8 Å². The predicted octanol–water partition coefficient (Wildman–Crippen LogP) is 7.18. The minimum atomic E-state index is -4.22. The van der Waals surface area contributed by atoms with Crippen molar-refractivity contribution in [2.45, 2.75) is 71.0 Å². The fraction of sp³-hybridized carbons (Fsp3) is 0.355. The summed E-state index contributed by atoms with van der Waals surface area (Å²) >= 11 is 19.0. The van der Waals surface area contributed by atoms with Gasteiger partial charge in [0.15, 0.2) is 0 Å². The van der Waals surface area contributed by atoms with Crippen LogP contribution < -0.4 is 9.62 Å². The van der Waals surface area contributed by atoms with E-state index in [1.54, 1.807) is 43.3 Å². The number of aryl methyl sites for hydroxylation is 2. The fourth-order valence-corrected chi connectivity index (χ4v) is 6.41. The highest BCUT2D eigenvalue weighted by Crippen LogP contribution is 2.30. The van der Waals surface area contributed by atoms with Gasteiger partial charge >= 0.3 is 0 Å². The number of nitrogens with one attached hydrogen (secondary N) is 1. The number of halogens is 3. The molecule has 0 radical (unpaired) electrons. The number of carbonyl (C=O) groups is 2. The van der Waals surface area contributed by atoms with Gasteiger partial charge in [0.2, 0.25) is 11.8 Å². The predicted molar refractivity (Wildman–Crippen MR) is 171 cm³/mol. The van der Waals surface area contributed by atoms with E-state index in [-0.39, 0.29) is 29.8 Å². The zero-order chi connectivity index (χ0) is 31.2. The van der Waals surface area contributed by atoms with Crippen LogP contribution in [0.4, 0.5) is 5.69 Å². The molecule has 0 spiro atoms. The Morgan fingerprint density at radius 1 is 0.881 bits per heavy atom. The number of carbonyl (C=O) groups excluding carboxylic acids is 2. The lowest BCUT2D eigenvalue weighted by molar-refractivity contribution is -0.140. The molecule has 0 aliphatic heterocycles. The Morgan fingerprint density at radius 2 is 1.50 bits per heavy atom. The van der Waals surface area contributed by atoms with Gasteiger partial charge in [-0.15, -0.1) is 0 Å². The molecule has 42 heavy (non-hydrogen) atoms. The summed E-state index contributed by atoms with van der Waals surface area (Å²) in [6, 6.07) is 14.9. The maximum absolute atomic E-state index is 14.2. The van der Waals surface area contributed by atoms with Crippen molar-refractivity contribution < 1.29 is 18.0 Å². The summed E-state index contributed by atoms with van der Waals surface area (Å²) in [4.78, 5) is 29.0. The van der Waals surface area contributed by atoms with Crippen LogP contribution in [0.25, 0.3) is 0 Å². The molecule has 11 heteroatoms. The van der Waals surface area contributed by atoms with Gasteiger partial charge in [0.1, 0.15) is 12.6 Å². The second kappa shape index (κ2) is 14.6. The highest BCUT2D eigenvalue weighted by atomic mass is 35.5. The second-order valence-corrected chi connectivity index (χ2v) is 13.3. The van der Waals surface area contributed by atoms with Crippen LogP contribution in [0.5, 0.6) is 0 Å². The molecule has 0 fully saturated rings. The van der Waals surface area contributed by atoms with Crippen molar-refractivity contribution in [2.24, 2.45) is 0 Å². The lowest BCUT2D eigenvalue weighted by atomic mass is 10.1. The van der Waals surface area contributed by atoms with Gasteiger partial charge in [0.05, 0.1) is 10.6 Å². The standard InChI is InChI=1S/C31H36Cl3N3O4S/c1-6-22(5)35-31(39)29(7-2)36(18-26-27(33)9-8-10-28(26)34)30(38)19-37(24-14-11-20(3)21(4)17-24)42(40,41)25-15-12-23(32)13-16-25/h8-17,22,29H,6-7,18-19H2,1-5H3,(H,35,39). The molecule has 0 aliphatic carbocycles. The van der Waals surface area contributed by atoms with Crippen LogP contribution in [0.3, 0.4) is 0 Å². The molecule has 226 valence electrons. The number of rotatable bonds is 12. The average Bonchev–Trinajstić information content (AvgIpc) is 2.94. The van der Waals surface area contributed by atoms with Gasteiger partial charge < -0.3 is 10.2 Å². The maximum Gasteiger partial charge on any atom is 0.264 e. The number of anilines is 1. The van der Waals surface area contributed by atoms with Crippen molar-refractivity contribution in [1.29, 1.82) is 0 Å². The Hall–Kier alpha value is -2.78. The number of sulfonamides is 1.